The SMILES string of the molecule is C=Cc1cnc(Nc2cc(CC)c(N3CCC(N4CCN(C)CC4)CC3)cc2OC)nc1Nc1ccc2nccnc2c1N(C)S(=O)(=O)CC. The maximum atomic E-state index is 13.0. The first-order chi connectivity index (χ1) is 24.1. The molecule has 2 aromatic heterocycles. The van der Waals surface area contributed by atoms with Crippen molar-refractivity contribution in [3.8, 4) is 5.75 Å². The molecule has 0 amide bonds. The minimum absolute atomic E-state index is 0.0751. The molecular weight excluding hydrogens is 653 g/mol. The van der Waals surface area contributed by atoms with Crippen LogP contribution in [-0.4, -0.2) is 110 Å². The Labute approximate surface area is 295 Å². The number of hydrogen-bond donors (Lipinski definition) is 2. The molecule has 2 saturated heterocycles. The number of aromatic nitrogens is 4. The van der Waals surface area contributed by atoms with Crippen LogP contribution >= 0.6 is 0 Å². The number of sulfonamides is 1. The van der Waals surface area contributed by atoms with Crippen LogP contribution in [0.3, 0.4) is 0 Å². The Bertz CT molecular complexity index is 1940. The van der Waals surface area contributed by atoms with Crippen molar-refractivity contribution < 1.29 is 13.2 Å². The van der Waals surface area contributed by atoms with Crippen LogP contribution in [0.5, 0.6) is 5.75 Å². The van der Waals surface area contributed by atoms with Gasteiger partial charge in [-0.25, -0.2) is 13.4 Å². The number of rotatable bonds is 12. The molecule has 2 N–H and O–H groups in total. The van der Waals surface area contributed by atoms with Gasteiger partial charge in [-0.3, -0.25) is 19.2 Å². The van der Waals surface area contributed by atoms with Crippen LogP contribution in [0.15, 0.2) is 49.4 Å². The molecule has 0 spiro atoms. The first kappa shape index (κ1) is 35.3. The molecule has 0 radical (unpaired) electrons. The van der Waals surface area contributed by atoms with E-state index in [0.717, 1.165) is 64.2 Å². The molecule has 6 rings (SSSR count). The highest BCUT2D eigenvalue weighted by atomic mass is 32.2. The van der Waals surface area contributed by atoms with Gasteiger partial charge in [0.05, 0.1) is 29.8 Å². The fraction of sp³-hybridized carbons (Fsp3) is 0.444. The number of benzene rings is 2. The zero-order valence-electron chi connectivity index (χ0n) is 29.7. The van der Waals surface area contributed by atoms with Crippen molar-refractivity contribution in [2.75, 3.05) is 86.1 Å². The standard InChI is InChI=1S/C36H48N10O3S/c1-7-25-22-30(32(49-6)23-31(25)46-16-12-27(13-17-46)45-20-18-43(4)19-21-45)41-36-39-24-26(8-2)35(42-36)40-29-11-10-28-33(38-15-14-37-28)34(29)44(5)50(47,48)9-3/h8,10-11,14-15,22-24,27H,2,7,9,12-13,16-21H2,1,3-6H3,(H2,39,40,41,42). The van der Waals surface area contributed by atoms with Crippen molar-refractivity contribution in [2.45, 2.75) is 39.2 Å². The summed E-state index contributed by atoms with van der Waals surface area (Å²) in [7, 11) is 1.78. The fourth-order valence-electron chi connectivity index (χ4n) is 6.84. The third kappa shape index (κ3) is 7.32. The number of anilines is 6. The lowest BCUT2D eigenvalue weighted by Gasteiger charge is -2.43. The number of nitrogens with zero attached hydrogens (tertiary/aromatic N) is 8. The van der Waals surface area contributed by atoms with Gasteiger partial charge >= 0.3 is 0 Å². The van der Waals surface area contributed by atoms with E-state index in [1.807, 2.05) is 0 Å². The second-order valence-electron chi connectivity index (χ2n) is 12.8. The predicted octanol–water partition coefficient (Wildman–Crippen LogP) is 5.12. The van der Waals surface area contributed by atoms with Crippen LogP contribution < -0.4 is 24.6 Å². The Kier molecular flexibility index (Phi) is 10.7. The summed E-state index contributed by atoms with van der Waals surface area (Å²) in [4.78, 5) is 25.8. The highest BCUT2D eigenvalue weighted by Crippen LogP contribution is 2.39. The molecule has 0 atom stereocenters. The van der Waals surface area contributed by atoms with E-state index in [0.29, 0.717) is 51.5 Å². The van der Waals surface area contributed by atoms with Crippen molar-refractivity contribution >= 4 is 61.6 Å². The Morgan fingerprint density at radius 3 is 2.42 bits per heavy atom. The molecule has 0 aliphatic carbocycles. The molecule has 4 heterocycles. The molecule has 2 aromatic carbocycles. The molecule has 4 aromatic rings. The van der Waals surface area contributed by atoms with Crippen LogP contribution in [0, 0.1) is 0 Å². The zero-order valence-corrected chi connectivity index (χ0v) is 30.5. The summed E-state index contributed by atoms with van der Waals surface area (Å²) < 4.78 is 33.2. The highest BCUT2D eigenvalue weighted by molar-refractivity contribution is 7.92. The van der Waals surface area contributed by atoms with Gasteiger partial charge in [0.15, 0.2) is 0 Å². The number of hydrogen-bond acceptors (Lipinski definition) is 12. The number of ether oxygens (including phenoxy) is 1. The van der Waals surface area contributed by atoms with E-state index in [2.05, 4.69) is 73.0 Å². The van der Waals surface area contributed by atoms with Gasteiger partial charge in [-0.15, -0.1) is 0 Å². The molecule has 2 aliphatic heterocycles. The van der Waals surface area contributed by atoms with Gasteiger partial charge in [0.25, 0.3) is 0 Å². The van der Waals surface area contributed by atoms with Gasteiger partial charge in [0.1, 0.15) is 22.8 Å². The van der Waals surface area contributed by atoms with E-state index in [1.54, 1.807) is 50.8 Å². The molecule has 266 valence electrons. The van der Waals surface area contributed by atoms with Gasteiger partial charge < -0.3 is 25.2 Å². The molecule has 0 saturated carbocycles. The van der Waals surface area contributed by atoms with Crippen molar-refractivity contribution in [2.24, 2.45) is 0 Å². The number of fused-ring (bicyclic) bond motifs is 1. The number of likely N-dealkylation sites (N-methyl/N-ethyl adjacent to an activating group) is 1. The molecule has 2 fully saturated rings. The maximum absolute atomic E-state index is 13.0. The average Bonchev–Trinajstić information content (AvgIpc) is 3.14. The number of methoxy groups -OCH3 is 1. The summed E-state index contributed by atoms with van der Waals surface area (Å²) in [5.74, 6) is 1.41. The summed E-state index contributed by atoms with van der Waals surface area (Å²) in [5.41, 5.74) is 5.71. The van der Waals surface area contributed by atoms with Gasteiger partial charge in [0, 0.05) is 88.3 Å². The van der Waals surface area contributed by atoms with E-state index in [-0.39, 0.29) is 5.75 Å². The van der Waals surface area contributed by atoms with Crippen LogP contribution in [-0.2, 0) is 16.4 Å². The first-order valence-electron chi connectivity index (χ1n) is 17.3. The monoisotopic (exact) mass is 700 g/mol. The van der Waals surface area contributed by atoms with Gasteiger partial charge in [0.2, 0.25) is 16.0 Å². The Morgan fingerprint density at radius 1 is 1.00 bits per heavy atom. The summed E-state index contributed by atoms with van der Waals surface area (Å²) in [6.07, 6.45) is 9.61. The quantitative estimate of drug-likeness (QED) is 0.203. The number of aryl methyl sites for hydroxylation is 1. The fourth-order valence-corrected chi connectivity index (χ4v) is 7.69. The maximum Gasteiger partial charge on any atom is 0.234 e. The van der Waals surface area contributed by atoms with Crippen molar-refractivity contribution in [3.05, 3.63) is 60.6 Å². The van der Waals surface area contributed by atoms with Crippen LogP contribution in [0.1, 0.15) is 37.8 Å². The van der Waals surface area contributed by atoms with Crippen molar-refractivity contribution in [1.29, 1.82) is 0 Å². The van der Waals surface area contributed by atoms with Crippen LogP contribution in [0.2, 0.25) is 0 Å². The molecular formula is C36H48N10O3S. The third-order valence-electron chi connectivity index (χ3n) is 9.89. The topological polar surface area (TPSA) is 132 Å². The van der Waals surface area contributed by atoms with Gasteiger partial charge in [-0.05, 0) is 57.0 Å². The highest BCUT2D eigenvalue weighted by Gasteiger charge is 2.28. The Balaban J connectivity index is 1.26. The predicted molar refractivity (Wildman–Crippen MR) is 203 cm³/mol. The third-order valence-corrected chi connectivity index (χ3v) is 11.6. The van der Waals surface area contributed by atoms with Crippen molar-refractivity contribution in [1.82, 2.24) is 29.7 Å². The second kappa shape index (κ2) is 15.2. The first-order valence-corrected chi connectivity index (χ1v) is 18.9. The molecule has 50 heavy (non-hydrogen) atoms. The molecule has 2 aliphatic rings. The largest absolute Gasteiger partial charge is 0.494 e. The normalized spacial score (nSPS) is 16.4. The average molecular weight is 701 g/mol. The Hall–Kier alpha value is -4.53. The Morgan fingerprint density at radius 2 is 1.74 bits per heavy atom. The lowest BCUT2D eigenvalue weighted by atomic mass is 9.99. The van der Waals surface area contributed by atoms with Gasteiger partial charge in [-0.1, -0.05) is 19.6 Å². The van der Waals surface area contributed by atoms with E-state index >= 15 is 0 Å². The molecule has 0 bridgehead atoms. The smallest absolute Gasteiger partial charge is 0.234 e. The van der Waals surface area contributed by atoms with Gasteiger partial charge in [-0.2, -0.15) is 4.98 Å². The van der Waals surface area contributed by atoms with Crippen molar-refractivity contribution in [3.63, 3.8) is 0 Å². The molecule has 0 unspecified atom stereocenters. The summed E-state index contributed by atoms with van der Waals surface area (Å²) >= 11 is 0. The molecule has 13 nitrogen and oxygen atoms in total. The summed E-state index contributed by atoms with van der Waals surface area (Å²) in [6.45, 7) is 14.3. The van der Waals surface area contributed by atoms with E-state index in [4.69, 9.17) is 9.72 Å². The number of piperazine rings is 1. The van der Waals surface area contributed by atoms with E-state index in [1.165, 1.54) is 22.6 Å². The molecule has 14 heteroatoms. The second-order valence-corrected chi connectivity index (χ2v) is 15.1. The lowest BCUT2D eigenvalue weighted by molar-refractivity contribution is 0.0982. The minimum atomic E-state index is -3.62. The lowest BCUT2D eigenvalue weighted by Crippen LogP contribution is -2.52. The zero-order chi connectivity index (χ0) is 35.4. The van der Waals surface area contributed by atoms with Crippen LogP contribution in [0.25, 0.3) is 17.1 Å². The minimum Gasteiger partial charge on any atom is -0.494 e. The van der Waals surface area contributed by atoms with E-state index < -0.39 is 10.0 Å². The van der Waals surface area contributed by atoms with E-state index in [9.17, 15) is 8.42 Å². The van der Waals surface area contributed by atoms with Crippen LogP contribution in [0.4, 0.5) is 34.5 Å². The number of piperidine rings is 1. The number of nitrogens with one attached hydrogen (secondary N) is 2. The summed E-state index contributed by atoms with van der Waals surface area (Å²) in [6, 6.07) is 8.47. The summed E-state index contributed by atoms with van der Waals surface area (Å²) in [5, 5.41) is 6.72.